The zero-order valence-corrected chi connectivity index (χ0v) is 14.0. The van der Waals surface area contributed by atoms with Crippen molar-refractivity contribution in [1.82, 2.24) is 0 Å². The van der Waals surface area contributed by atoms with Gasteiger partial charge in [0, 0.05) is 11.8 Å². The smallest absolute Gasteiger partial charge is 0.161 e. The highest BCUT2D eigenvalue weighted by Crippen LogP contribution is 2.32. The maximum absolute atomic E-state index is 13.7. The molecule has 6 heteroatoms. The van der Waals surface area contributed by atoms with Crippen molar-refractivity contribution in [3.8, 4) is 0 Å². The molecule has 110 valence electrons. The third kappa shape index (κ3) is 3.73. The standard InChI is InChI=1S/C14H17BrF2N2S/c1-14(2,3)12-4-5-20-13(19-12)18-11-6-8(15)9(16)7-10(11)17/h6-7,12H,4-5H2,1-3H3,(H,18,19). The van der Waals surface area contributed by atoms with E-state index in [4.69, 9.17) is 0 Å². The zero-order chi connectivity index (χ0) is 14.9. The highest BCUT2D eigenvalue weighted by Gasteiger charge is 2.27. The van der Waals surface area contributed by atoms with Gasteiger partial charge in [0.2, 0.25) is 0 Å². The summed E-state index contributed by atoms with van der Waals surface area (Å²) in [6.45, 7) is 6.43. The molecule has 0 spiro atoms. The van der Waals surface area contributed by atoms with Crippen LogP contribution in [0.5, 0.6) is 0 Å². The molecule has 0 saturated carbocycles. The number of amidine groups is 1. The van der Waals surface area contributed by atoms with Crippen molar-refractivity contribution in [2.45, 2.75) is 33.2 Å². The summed E-state index contributed by atoms with van der Waals surface area (Å²) in [4.78, 5) is 4.63. The van der Waals surface area contributed by atoms with E-state index < -0.39 is 11.6 Å². The maximum Gasteiger partial charge on any atom is 0.161 e. The zero-order valence-electron chi connectivity index (χ0n) is 11.6. The van der Waals surface area contributed by atoms with Gasteiger partial charge in [-0.25, -0.2) is 8.78 Å². The van der Waals surface area contributed by atoms with Crippen LogP contribution in [-0.4, -0.2) is 17.0 Å². The molecule has 0 radical (unpaired) electrons. The highest BCUT2D eigenvalue weighted by atomic mass is 79.9. The highest BCUT2D eigenvalue weighted by molar-refractivity contribution is 9.10. The van der Waals surface area contributed by atoms with Crippen LogP contribution in [-0.2, 0) is 0 Å². The number of nitrogens with zero attached hydrogens (tertiary/aromatic N) is 1. The third-order valence-corrected chi connectivity index (χ3v) is 4.68. The van der Waals surface area contributed by atoms with E-state index in [2.05, 4.69) is 47.0 Å². The number of rotatable bonds is 1. The lowest BCUT2D eigenvalue weighted by Crippen LogP contribution is -2.30. The number of halogens is 3. The average Bonchev–Trinajstić information content (AvgIpc) is 2.35. The summed E-state index contributed by atoms with van der Waals surface area (Å²) < 4.78 is 27.2. The van der Waals surface area contributed by atoms with Crippen molar-refractivity contribution in [3.63, 3.8) is 0 Å². The summed E-state index contributed by atoms with van der Waals surface area (Å²) >= 11 is 4.62. The fourth-order valence-corrected chi connectivity index (χ4v) is 3.20. The first-order valence-corrected chi connectivity index (χ1v) is 8.17. The summed E-state index contributed by atoms with van der Waals surface area (Å²) in [5.74, 6) is -0.289. The van der Waals surface area contributed by atoms with Crippen LogP contribution >= 0.6 is 27.7 Å². The quantitative estimate of drug-likeness (QED) is 0.707. The molecule has 2 rings (SSSR count). The second-order valence-corrected chi connectivity index (χ2v) is 7.76. The Morgan fingerprint density at radius 3 is 2.65 bits per heavy atom. The SMILES string of the molecule is CC(C)(C)C1CCSC(Nc2cc(Br)c(F)cc2F)=N1. The van der Waals surface area contributed by atoms with E-state index >= 15 is 0 Å². The monoisotopic (exact) mass is 362 g/mol. The van der Waals surface area contributed by atoms with Crippen LogP contribution in [0.25, 0.3) is 0 Å². The number of hydrogen-bond acceptors (Lipinski definition) is 3. The van der Waals surface area contributed by atoms with E-state index in [1.807, 2.05) is 0 Å². The summed E-state index contributed by atoms with van der Waals surface area (Å²) in [7, 11) is 0. The molecule has 1 heterocycles. The van der Waals surface area contributed by atoms with E-state index in [1.54, 1.807) is 11.8 Å². The topological polar surface area (TPSA) is 24.4 Å². The Bertz CT molecular complexity index is 541. The molecule has 1 aromatic rings. The molecule has 1 aliphatic rings. The van der Waals surface area contributed by atoms with Gasteiger partial charge in [-0.05, 0) is 33.8 Å². The number of thioether (sulfide) groups is 1. The molecule has 0 amide bonds. The van der Waals surface area contributed by atoms with Gasteiger partial charge in [-0.1, -0.05) is 32.5 Å². The molecule has 0 saturated heterocycles. The lowest BCUT2D eigenvalue weighted by Gasteiger charge is -2.31. The molecule has 0 aliphatic carbocycles. The van der Waals surface area contributed by atoms with Gasteiger partial charge in [-0.15, -0.1) is 0 Å². The van der Waals surface area contributed by atoms with Crippen LogP contribution in [0.15, 0.2) is 21.6 Å². The summed E-state index contributed by atoms with van der Waals surface area (Å²) in [6.07, 6.45) is 1.01. The van der Waals surface area contributed by atoms with Crippen molar-refractivity contribution < 1.29 is 8.78 Å². The predicted octanol–water partition coefficient (Wildman–Crippen LogP) is 5.05. The van der Waals surface area contributed by atoms with Crippen molar-refractivity contribution >= 4 is 38.5 Å². The first-order valence-electron chi connectivity index (χ1n) is 6.39. The molecule has 0 bridgehead atoms. The Hall–Kier alpha value is -0.620. The minimum atomic E-state index is -0.619. The Kier molecular flexibility index (Phi) is 4.74. The minimum Gasteiger partial charge on any atom is -0.333 e. The van der Waals surface area contributed by atoms with Crippen molar-refractivity contribution in [1.29, 1.82) is 0 Å². The lowest BCUT2D eigenvalue weighted by atomic mass is 9.85. The van der Waals surface area contributed by atoms with E-state index in [0.717, 1.165) is 18.2 Å². The first-order chi connectivity index (χ1) is 9.27. The van der Waals surface area contributed by atoms with E-state index in [-0.39, 0.29) is 21.6 Å². The summed E-state index contributed by atoms with van der Waals surface area (Å²) in [5, 5.41) is 3.65. The molecule has 1 aliphatic heterocycles. The van der Waals surface area contributed by atoms with Gasteiger partial charge in [-0.3, -0.25) is 4.99 Å². The molecule has 1 atom stereocenters. The number of aliphatic imine (C=N–C) groups is 1. The Morgan fingerprint density at radius 2 is 2.00 bits per heavy atom. The van der Waals surface area contributed by atoms with Crippen molar-refractivity contribution in [2.75, 3.05) is 11.1 Å². The summed E-state index contributed by atoms with van der Waals surface area (Å²) in [6, 6.07) is 2.47. The van der Waals surface area contributed by atoms with Gasteiger partial charge in [-0.2, -0.15) is 0 Å². The molecule has 0 aromatic heterocycles. The number of anilines is 1. The number of nitrogens with one attached hydrogen (secondary N) is 1. The van der Waals surface area contributed by atoms with Crippen molar-refractivity contribution in [2.24, 2.45) is 10.4 Å². The van der Waals surface area contributed by atoms with Crippen molar-refractivity contribution in [3.05, 3.63) is 28.2 Å². The van der Waals surface area contributed by atoms with E-state index in [9.17, 15) is 8.78 Å². The van der Waals surface area contributed by atoms with Gasteiger partial charge in [0.1, 0.15) is 11.6 Å². The molecule has 1 unspecified atom stereocenters. The van der Waals surface area contributed by atoms with Gasteiger partial charge in [0.25, 0.3) is 0 Å². The van der Waals surface area contributed by atoms with E-state index in [1.165, 1.54) is 6.07 Å². The fraction of sp³-hybridized carbons (Fsp3) is 0.500. The Morgan fingerprint density at radius 1 is 1.30 bits per heavy atom. The van der Waals surface area contributed by atoms with E-state index in [0.29, 0.717) is 5.17 Å². The fourth-order valence-electron chi connectivity index (χ4n) is 1.94. The second-order valence-electron chi connectivity index (χ2n) is 5.82. The average molecular weight is 363 g/mol. The molecule has 20 heavy (non-hydrogen) atoms. The predicted molar refractivity (Wildman–Crippen MR) is 85.4 cm³/mol. The largest absolute Gasteiger partial charge is 0.333 e. The molecule has 1 aromatic carbocycles. The number of hydrogen-bond donors (Lipinski definition) is 1. The van der Waals surface area contributed by atoms with Gasteiger partial charge < -0.3 is 5.32 Å². The van der Waals surface area contributed by atoms with Crippen LogP contribution in [0, 0.1) is 17.0 Å². The van der Waals surface area contributed by atoms with Crippen LogP contribution in [0.1, 0.15) is 27.2 Å². The molecule has 2 nitrogen and oxygen atoms in total. The van der Waals surface area contributed by atoms with Gasteiger partial charge >= 0.3 is 0 Å². The first kappa shape index (κ1) is 15.8. The minimum absolute atomic E-state index is 0.0792. The lowest BCUT2D eigenvalue weighted by molar-refractivity contribution is 0.316. The number of benzene rings is 1. The second kappa shape index (κ2) is 6.02. The van der Waals surface area contributed by atoms with Crippen LogP contribution in [0.3, 0.4) is 0 Å². The maximum atomic E-state index is 13.7. The Balaban J connectivity index is 2.21. The normalized spacial score (nSPS) is 19.7. The Labute approximate surface area is 130 Å². The molecule has 0 fully saturated rings. The molecular formula is C14H17BrF2N2S. The van der Waals surface area contributed by atoms with Crippen LogP contribution in [0.2, 0.25) is 0 Å². The van der Waals surface area contributed by atoms with Gasteiger partial charge in [0.15, 0.2) is 5.17 Å². The van der Waals surface area contributed by atoms with Crippen LogP contribution < -0.4 is 5.32 Å². The summed E-state index contributed by atoms with van der Waals surface area (Å²) in [5.41, 5.74) is 0.314. The van der Waals surface area contributed by atoms with Crippen LogP contribution in [0.4, 0.5) is 14.5 Å². The molecule has 1 N–H and O–H groups in total. The third-order valence-electron chi connectivity index (χ3n) is 3.15. The van der Waals surface area contributed by atoms with Gasteiger partial charge in [0.05, 0.1) is 16.2 Å². The molecular weight excluding hydrogens is 346 g/mol.